The van der Waals surface area contributed by atoms with E-state index in [1.807, 2.05) is 72.8 Å². The summed E-state index contributed by atoms with van der Waals surface area (Å²) in [6, 6.07) is 25.9. The zero-order valence-corrected chi connectivity index (χ0v) is 24.2. The van der Waals surface area contributed by atoms with Gasteiger partial charge in [-0.25, -0.2) is 14.8 Å². The third kappa shape index (κ3) is 2.32. The first-order valence-electron chi connectivity index (χ1n) is 14.7. The number of hydrogen-bond donors (Lipinski definition) is 1. The smallest absolute Gasteiger partial charge is 0.347 e. The number of pyridine rings is 1. The lowest BCUT2D eigenvalue weighted by Crippen LogP contribution is -2.46. The molecule has 2 aliphatic rings. The van der Waals surface area contributed by atoms with Gasteiger partial charge in [-0.15, -0.1) is 0 Å². The van der Waals surface area contributed by atoms with Crippen LogP contribution in [0.2, 0.25) is 0 Å². The quantitative estimate of drug-likeness (QED) is 0.0968. The Morgan fingerprint density at radius 3 is 2.37 bits per heavy atom. The van der Waals surface area contributed by atoms with Crippen LogP contribution in [0.5, 0.6) is 5.75 Å². The van der Waals surface area contributed by atoms with Crippen LogP contribution in [-0.4, -0.2) is 28.7 Å². The molecule has 0 atom stereocenters. The predicted molar refractivity (Wildman–Crippen MR) is 174 cm³/mol. The maximum Gasteiger partial charge on any atom is 0.347 e. The summed E-state index contributed by atoms with van der Waals surface area (Å²) < 4.78 is 37.1. The highest BCUT2D eigenvalue weighted by molar-refractivity contribution is 7.87. The molecule has 0 unspecified atom stereocenters. The van der Waals surface area contributed by atoms with E-state index in [1.54, 1.807) is 21.1 Å². The maximum atomic E-state index is 14.2. The molecule has 5 heterocycles. The maximum absolute atomic E-state index is 14.2. The van der Waals surface area contributed by atoms with E-state index in [0.717, 1.165) is 27.1 Å². The fourth-order valence-corrected chi connectivity index (χ4v) is 9.48. The van der Waals surface area contributed by atoms with Crippen molar-refractivity contribution in [1.29, 1.82) is 0 Å². The van der Waals surface area contributed by atoms with E-state index in [1.165, 1.54) is 0 Å². The molecule has 2 aliphatic heterocycles. The highest BCUT2D eigenvalue weighted by Gasteiger charge is 2.40. The summed E-state index contributed by atoms with van der Waals surface area (Å²) in [5.74, 6) is 0.422. The van der Waals surface area contributed by atoms with Gasteiger partial charge in [0.05, 0.1) is 27.5 Å². The molecule has 0 aliphatic carbocycles. The molecule has 0 saturated carbocycles. The van der Waals surface area contributed by atoms with Crippen molar-refractivity contribution in [1.82, 2.24) is 14.4 Å². The predicted octanol–water partition coefficient (Wildman–Crippen LogP) is 6.01. The second-order valence-electron chi connectivity index (χ2n) is 12.1. The van der Waals surface area contributed by atoms with Gasteiger partial charge in [0.2, 0.25) is 0 Å². The van der Waals surface area contributed by atoms with Crippen LogP contribution >= 0.6 is 0 Å². The van der Waals surface area contributed by atoms with Gasteiger partial charge in [-0.05, 0) is 59.3 Å². The number of H-pyrrole nitrogens is 1. The molecule has 46 heavy (non-hydrogen) atoms. The van der Waals surface area contributed by atoms with E-state index in [9.17, 15) is 18.0 Å². The largest absolute Gasteiger partial charge is 0.378 e. The minimum absolute atomic E-state index is 0.0289. The Hall–Kier alpha value is -6.13. The highest BCUT2D eigenvalue weighted by Crippen LogP contribution is 2.53. The number of hydrogen-bond acceptors (Lipinski definition) is 6. The number of benzene rings is 7. The van der Waals surface area contributed by atoms with Crippen molar-refractivity contribution < 1.29 is 22.0 Å². The van der Waals surface area contributed by atoms with Crippen LogP contribution in [0.1, 0.15) is 10.4 Å². The van der Waals surface area contributed by atoms with Gasteiger partial charge in [-0.3, -0.25) is 9.20 Å². The second-order valence-corrected chi connectivity index (χ2v) is 13.7. The standard InChI is InChI=1S/C36H14N4O5S/c41-35-18-12-10-16-15-9-11-17-27-20(36(42)39-23-7-3-1-5-21(23)37-33(17)39)13-25-31(29(15)27)32-26(46(43,44)45-25)14-19(28(18)30(16)32)34-38-22-6-2-4-8-24(22)40(34)35/h1-14H/p+1. The van der Waals surface area contributed by atoms with E-state index in [0.29, 0.717) is 71.5 Å². The van der Waals surface area contributed by atoms with Crippen molar-refractivity contribution in [3.05, 3.63) is 101 Å². The van der Waals surface area contributed by atoms with Crippen LogP contribution in [0.15, 0.2) is 94.6 Å². The molecule has 12 rings (SSSR count). The lowest BCUT2D eigenvalue weighted by Gasteiger charge is -2.26. The first kappa shape index (κ1) is 23.3. The molecule has 3 aromatic heterocycles. The van der Waals surface area contributed by atoms with Crippen LogP contribution in [0.4, 0.5) is 0 Å². The average Bonchev–Trinajstić information content (AvgIpc) is 3.65. The molecule has 10 aromatic rings. The van der Waals surface area contributed by atoms with E-state index >= 15 is 0 Å². The van der Waals surface area contributed by atoms with Gasteiger partial charge in [0.15, 0.2) is 16.8 Å². The van der Waals surface area contributed by atoms with Crippen LogP contribution < -0.4 is 14.3 Å². The van der Waals surface area contributed by atoms with Gasteiger partial charge in [0, 0.05) is 37.7 Å². The molecule has 0 amide bonds. The molecular formula is C36H15N4O5S+. The Bertz CT molecular complexity index is 3340. The summed E-state index contributed by atoms with van der Waals surface area (Å²) in [6.07, 6.45) is 0. The summed E-state index contributed by atoms with van der Waals surface area (Å²) in [6.45, 7) is 0. The van der Waals surface area contributed by atoms with Gasteiger partial charge >= 0.3 is 16.0 Å². The van der Waals surface area contributed by atoms with Gasteiger partial charge in [0.25, 0.3) is 11.4 Å². The molecule has 0 saturated heterocycles. The number of rotatable bonds is 0. The monoisotopic (exact) mass is 615 g/mol. The molecule has 0 fully saturated rings. The first-order valence-corrected chi connectivity index (χ1v) is 16.1. The van der Waals surface area contributed by atoms with Crippen molar-refractivity contribution in [3.63, 3.8) is 0 Å². The lowest BCUT2D eigenvalue weighted by atomic mass is 9.83. The summed E-state index contributed by atoms with van der Waals surface area (Å²) in [4.78, 5) is 36.6. The summed E-state index contributed by atoms with van der Waals surface area (Å²) in [7, 11) is -4.32. The molecule has 10 heteroatoms. The number of imidazole rings is 2. The number of fused-ring (bicyclic) bond motifs is 9. The summed E-state index contributed by atoms with van der Waals surface area (Å²) in [5, 5.41) is 6.69. The van der Waals surface area contributed by atoms with Crippen molar-refractivity contribution in [2.75, 3.05) is 0 Å². The number of para-hydroxylation sites is 4. The fourth-order valence-electron chi connectivity index (χ4n) is 8.30. The van der Waals surface area contributed by atoms with E-state index < -0.39 is 10.1 Å². The minimum Gasteiger partial charge on any atom is -0.378 e. The van der Waals surface area contributed by atoms with Crippen LogP contribution in [0.3, 0.4) is 0 Å². The molecule has 9 nitrogen and oxygen atoms in total. The molecular weight excluding hydrogens is 600 g/mol. The SMILES string of the molecule is O=C1c2ccc3c4ccc5c6c(cc7c(c8c(cc(c2c38)-c2[nH]c3ccccc3[n+]21)S(=O)(=O)O7)c46)c(=O)n1c2ccccc2nc51. The van der Waals surface area contributed by atoms with Crippen molar-refractivity contribution >= 4 is 97.6 Å². The highest BCUT2D eigenvalue weighted by atomic mass is 32.2. The molecule has 0 radical (unpaired) electrons. The van der Waals surface area contributed by atoms with Crippen LogP contribution in [-0.2, 0) is 10.1 Å². The third-order valence-corrected chi connectivity index (χ3v) is 11.3. The molecule has 1 N–H and O–H groups in total. The van der Waals surface area contributed by atoms with Crippen LogP contribution in [0, 0.1) is 0 Å². The number of aromatic nitrogens is 4. The number of nitrogens with zero attached hydrogens (tertiary/aromatic N) is 3. The van der Waals surface area contributed by atoms with E-state index in [2.05, 4.69) is 4.98 Å². The normalized spacial score (nSPS) is 15.2. The van der Waals surface area contributed by atoms with Gasteiger partial charge in [0.1, 0.15) is 10.5 Å². The second kappa shape index (κ2) is 7.06. The van der Waals surface area contributed by atoms with Gasteiger partial charge in [-0.1, -0.05) is 36.4 Å². The number of aromatic amines is 1. The Kier molecular flexibility index (Phi) is 3.57. The lowest BCUT2D eigenvalue weighted by molar-refractivity contribution is -0.530. The Morgan fingerprint density at radius 1 is 0.717 bits per heavy atom. The van der Waals surface area contributed by atoms with Gasteiger partial charge in [-0.2, -0.15) is 13.0 Å². The minimum atomic E-state index is -4.32. The first-order chi connectivity index (χ1) is 22.4. The van der Waals surface area contributed by atoms with E-state index in [-0.39, 0.29) is 22.1 Å². The van der Waals surface area contributed by atoms with E-state index in [4.69, 9.17) is 9.17 Å². The van der Waals surface area contributed by atoms with Gasteiger partial charge < -0.3 is 4.18 Å². The zero-order valence-electron chi connectivity index (χ0n) is 23.4. The van der Waals surface area contributed by atoms with Crippen molar-refractivity contribution in [2.24, 2.45) is 0 Å². The summed E-state index contributed by atoms with van der Waals surface area (Å²) >= 11 is 0. The zero-order chi connectivity index (χ0) is 30.4. The molecule has 214 valence electrons. The summed E-state index contributed by atoms with van der Waals surface area (Å²) in [5.41, 5.74) is 4.17. The average molecular weight is 616 g/mol. The Morgan fingerprint density at radius 2 is 1.48 bits per heavy atom. The number of nitrogens with one attached hydrogen (secondary N) is 1. The topological polar surface area (TPSA) is 114 Å². The number of carbonyl (C=O) groups excluding carboxylic acids is 1. The Balaban J connectivity index is 1.38. The molecule has 0 spiro atoms. The van der Waals surface area contributed by atoms with Crippen LogP contribution in [0.25, 0.3) is 93.0 Å². The van der Waals surface area contributed by atoms with Crippen molar-refractivity contribution in [3.8, 4) is 17.1 Å². The third-order valence-electron chi connectivity index (χ3n) is 10.0. The Labute approximate surface area is 256 Å². The molecule has 7 aromatic carbocycles. The fraction of sp³-hybridized carbons (Fsp3) is 0. The van der Waals surface area contributed by atoms with Crippen molar-refractivity contribution in [2.45, 2.75) is 4.90 Å². The molecule has 0 bridgehead atoms. The number of carbonyl (C=O) groups is 1.